The lowest BCUT2D eigenvalue weighted by Crippen LogP contribution is -2.47. The molecule has 4 nitrogen and oxygen atoms in total. The van der Waals surface area contributed by atoms with Crippen LogP contribution in [-0.2, 0) is 0 Å². The van der Waals surface area contributed by atoms with Gasteiger partial charge in [0.15, 0.2) is 11.5 Å². The van der Waals surface area contributed by atoms with Crippen molar-refractivity contribution >= 4 is 5.91 Å². The van der Waals surface area contributed by atoms with Gasteiger partial charge in [-0.3, -0.25) is 4.79 Å². The second-order valence-corrected chi connectivity index (χ2v) is 5.76. The first-order valence-electron chi connectivity index (χ1n) is 7.72. The fourth-order valence-electron chi connectivity index (χ4n) is 2.95. The Morgan fingerprint density at radius 2 is 1.88 bits per heavy atom. The van der Waals surface area contributed by atoms with E-state index in [1.165, 1.54) is 13.2 Å². The Labute approximate surface area is 141 Å². The van der Waals surface area contributed by atoms with Crippen molar-refractivity contribution in [3.63, 3.8) is 0 Å². The molecule has 1 aromatic carbocycles. The van der Waals surface area contributed by atoms with Crippen LogP contribution in [0.3, 0.4) is 0 Å². The number of halogens is 5. The number of ether oxygens (including phenoxy) is 2. The van der Waals surface area contributed by atoms with Crippen LogP contribution in [0.5, 0.6) is 11.5 Å². The number of carbonyl (C=O) groups excluding carboxylic acids is 1. The van der Waals surface area contributed by atoms with Gasteiger partial charge in [-0.1, -0.05) is 12.8 Å². The van der Waals surface area contributed by atoms with Crippen molar-refractivity contribution in [2.24, 2.45) is 5.92 Å². The molecule has 1 amide bonds. The zero-order chi connectivity index (χ0) is 18.6. The van der Waals surface area contributed by atoms with E-state index in [0.29, 0.717) is 12.8 Å². The highest BCUT2D eigenvalue weighted by Crippen LogP contribution is 2.38. The largest absolute Gasteiger partial charge is 0.493 e. The Morgan fingerprint density at radius 1 is 1.20 bits per heavy atom. The van der Waals surface area contributed by atoms with Gasteiger partial charge in [0.1, 0.15) is 0 Å². The van der Waals surface area contributed by atoms with Crippen LogP contribution < -0.4 is 14.8 Å². The first kappa shape index (κ1) is 19.3. The van der Waals surface area contributed by atoms with E-state index in [1.54, 1.807) is 0 Å². The highest BCUT2D eigenvalue weighted by Gasteiger charge is 2.46. The normalized spacial score (nSPS) is 21.1. The second-order valence-electron chi connectivity index (χ2n) is 5.76. The Hall–Kier alpha value is -2.06. The molecule has 0 bridgehead atoms. The fourth-order valence-corrected chi connectivity index (χ4v) is 2.95. The topological polar surface area (TPSA) is 47.6 Å². The summed E-state index contributed by atoms with van der Waals surface area (Å²) in [5.74, 6) is -2.68. The van der Waals surface area contributed by atoms with E-state index in [-0.39, 0.29) is 29.9 Å². The van der Waals surface area contributed by atoms with Crippen LogP contribution in [0, 0.1) is 5.92 Å². The number of carbonyl (C=O) groups is 1. The van der Waals surface area contributed by atoms with Gasteiger partial charge in [-0.15, -0.1) is 0 Å². The molecule has 9 heteroatoms. The minimum atomic E-state index is -4.38. The van der Waals surface area contributed by atoms with Gasteiger partial charge in [-0.2, -0.15) is 22.0 Å². The maximum absolute atomic E-state index is 13.1. The lowest BCUT2D eigenvalue weighted by atomic mass is 9.84. The molecular formula is C16H18F5NO3. The van der Waals surface area contributed by atoms with Crippen molar-refractivity contribution in [2.45, 2.75) is 44.5 Å². The van der Waals surface area contributed by atoms with Gasteiger partial charge in [-0.25, -0.2) is 0 Å². The number of benzene rings is 1. The molecule has 25 heavy (non-hydrogen) atoms. The Kier molecular flexibility index (Phi) is 6.07. The third-order valence-corrected chi connectivity index (χ3v) is 4.14. The van der Waals surface area contributed by atoms with Crippen LogP contribution in [0.25, 0.3) is 0 Å². The molecular weight excluding hydrogens is 349 g/mol. The summed E-state index contributed by atoms with van der Waals surface area (Å²) in [4.78, 5) is 12.3. The fraction of sp³-hybridized carbons (Fsp3) is 0.562. The van der Waals surface area contributed by atoms with Crippen LogP contribution in [0.1, 0.15) is 36.0 Å². The van der Waals surface area contributed by atoms with Gasteiger partial charge in [0, 0.05) is 11.6 Å². The summed E-state index contributed by atoms with van der Waals surface area (Å²) < 4.78 is 73.0. The third kappa shape index (κ3) is 4.96. The molecule has 1 N–H and O–H groups in total. The first-order chi connectivity index (χ1) is 11.7. The summed E-state index contributed by atoms with van der Waals surface area (Å²) in [7, 11) is 1.20. The highest BCUT2D eigenvalue weighted by atomic mass is 19.4. The average molecular weight is 367 g/mol. The molecule has 1 aliphatic rings. The van der Waals surface area contributed by atoms with E-state index in [9.17, 15) is 26.7 Å². The zero-order valence-corrected chi connectivity index (χ0v) is 13.4. The standard InChI is InChI=1S/C16H18F5NO3/c1-24-13-8-9(6-7-12(13)25-15(17)18)14(23)22-11-5-3-2-4-10(11)16(19,20)21/h6-8,10-11,15H,2-5H2,1H3,(H,22,23)/t10-,11-/m0/s1. The van der Waals surface area contributed by atoms with Gasteiger partial charge in [0.2, 0.25) is 0 Å². The van der Waals surface area contributed by atoms with Crippen LogP contribution >= 0.6 is 0 Å². The number of nitrogens with one attached hydrogen (secondary N) is 1. The quantitative estimate of drug-likeness (QED) is 0.796. The lowest BCUT2D eigenvalue weighted by molar-refractivity contribution is -0.187. The van der Waals surface area contributed by atoms with Crippen molar-refractivity contribution in [1.82, 2.24) is 5.32 Å². The van der Waals surface area contributed by atoms with Crippen LogP contribution in [-0.4, -0.2) is 31.8 Å². The summed E-state index contributed by atoms with van der Waals surface area (Å²) in [5, 5.41) is 2.40. The van der Waals surface area contributed by atoms with Crippen molar-refractivity contribution < 1.29 is 36.2 Å². The third-order valence-electron chi connectivity index (χ3n) is 4.14. The van der Waals surface area contributed by atoms with Gasteiger partial charge < -0.3 is 14.8 Å². The van der Waals surface area contributed by atoms with Crippen molar-refractivity contribution in [3.8, 4) is 11.5 Å². The van der Waals surface area contributed by atoms with E-state index in [2.05, 4.69) is 10.1 Å². The van der Waals surface area contributed by atoms with Gasteiger partial charge in [-0.05, 0) is 31.0 Å². The monoisotopic (exact) mass is 367 g/mol. The van der Waals surface area contributed by atoms with Crippen LogP contribution in [0.4, 0.5) is 22.0 Å². The maximum Gasteiger partial charge on any atom is 0.393 e. The molecule has 0 saturated heterocycles. The molecule has 2 atom stereocenters. The molecule has 140 valence electrons. The molecule has 0 radical (unpaired) electrons. The van der Waals surface area contributed by atoms with E-state index in [0.717, 1.165) is 12.1 Å². The van der Waals surface area contributed by atoms with Crippen LogP contribution in [0.15, 0.2) is 18.2 Å². The Balaban J connectivity index is 2.14. The predicted molar refractivity (Wildman–Crippen MR) is 78.9 cm³/mol. The van der Waals surface area contributed by atoms with Crippen molar-refractivity contribution in [1.29, 1.82) is 0 Å². The van der Waals surface area contributed by atoms with E-state index < -0.39 is 30.7 Å². The smallest absolute Gasteiger partial charge is 0.393 e. The average Bonchev–Trinajstić information content (AvgIpc) is 2.54. The number of hydrogen-bond acceptors (Lipinski definition) is 3. The minimum absolute atomic E-state index is 0.00460. The maximum atomic E-state index is 13.1. The number of alkyl halides is 5. The number of rotatable bonds is 5. The molecule has 0 unspecified atom stereocenters. The lowest BCUT2D eigenvalue weighted by Gasteiger charge is -2.33. The number of amides is 1. The molecule has 0 spiro atoms. The molecule has 0 heterocycles. The minimum Gasteiger partial charge on any atom is -0.493 e. The van der Waals surface area contributed by atoms with Gasteiger partial charge in [0.25, 0.3) is 5.91 Å². The molecule has 0 aromatic heterocycles. The summed E-state index contributed by atoms with van der Waals surface area (Å²) in [6.07, 6.45) is -3.12. The zero-order valence-electron chi connectivity index (χ0n) is 13.4. The SMILES string of the molecule is COc1cc(C(=O)N[C@H]2CCCC[C@@H]2C(F)(F)F)ccc1OC(F)F. The first-order valence-corrected chi connectivity index (χ1v) is 7.72. The summed E-state index contributed by atoms with van der Waals surface area (Å²) >= 11 is 0. The summed E-state index contributed by atoms with van der Waals surface area (Å²) in [6.45, 7) is -3.07. The summed E-state index contributed by atoms with van der Waals surface area (Å²) in [5.41, 5.74) is 0.00460. The predicted octanol–water partition coefficient (Wildman–Crippen LogP) is 4.15. The molecule has 1 aromatic rings. The Morgan fingerprint density at radius 3 is 2.48 bits per heavy atom. The highest BCUT2D eigenvalue weighted by molar-refractivity contribution is 5.95. The van der Waals surface area contributed by atoms with Gasteiger partial charge >= 0.3 is 12.8 Å². The van der Waals surface area contributed by atoms with Crippen molar-refractivity contribution in [2.75, 3.05) is 7.11 Å². The molecule has 1 fully saturated rings. The Bertz CT molecular complexity index is 606. The molecule has 2 rings (SSSR count). The molecule has 1 aliphatic carbocycles. The van der Waals surface area contributed by atoms with Crippen LogP contribution in [0.2, 0.25) is 0 Å². The number of hydrogen-bond donors (Lipinski definition) is 1. The van der Waals surface area contributed by atoms with E-state index >= 15 is 0 Å². The number of methoxy groups -OCH3 is 1. The second kappa shape index (κ2) is 7.88. The summed E-state index contributed by atoms with van der Waals surface area (Å²) in [6, 6.07) is 2.45. The molecule has 1 saturated carbocycles. The van der Waals surface area contributed by atoms with E-state index in [1.807, 2.05) is 0 Å². The van der Waals surface area contributed by atoms with Crippen molar-refractivity contribution in [3.05, 3.63) is 23.8 Å². The van der Waals surface area contributed by atoms with Gasteiger partial charge in [0.05, 0.1) is 13.0 Å². The van der Waals surface area contributed by atoms with E-state index in [4.69, 9.17) is 4.74 Å². The molecule has 0 aliphatic heterocycles.